The van der Waals surface area contributed by atoms with Crippen LogP contribution in [0.5, 0.6) is 0 Å². The van der Waals surface area contributed by atoms with Crippen molar-refractivity contribution in [3.05, 3.63) is 47.7 Å². The van der Waals surface area contributed by atoms with Crippen LogP contribution in [0.3, 0.4) is 0 Å². The predicted molar refractivity (Wildman–Crippen MR) is 108 cm³/mol. The molecule has 1 saturated heterocycles. The van der Waals surface area contributed by atoms with Crippen LogP contribution >= 0.6 is 0 Å². The second-order valence-corrected chi connectivity index (χ2v) is 9.70. The summed E-state index contributed by atoms with van der Waals surface area (Å²) < 4.78 is 72.7. The Balaban J connectivity index is 1.69. The van der Waals surface area contributed by atoms with Crippen LogP contribution in [0.4, 0.5) is 13.2 Å². The molecular weight excluding hydrogens is 451 g/mol. The van der Waals surface area contributed by atoms with Gasteiger partial charge >= 0.3 is 12.1 Å². The molecule has 32 heavy (non-hydrogen) atoms. The highest BCUT2D eigenvalue weighted by molar-refractivity contribution is 7.91. The van der Waals surface area contributed by atoms with Gasteiger partial charge in [-0.1, -0.05) is 12.1 Å². The maximum absolute atomic E-state index is 12.9. The molecule has 3 rings (SSSR count). The highest BCUT2D eigenvalue weighted by atomic mass is 32.2. The van der Waals surface area contributed by atoms with Crippen LogP contribution in [-0.2, 0) is 25.5 Å². The quantitative estimate of drug-likeness (QED) is 0.596. The molecule has 1 amide bonds. The molecule has 1 fully saturated rings. The molecule has 7 nitrogen and oxygen atoms in total. The standard InChI is InChI=1S/C21H22F3NO6S/c1-3-25(16-9-10-32(28,29)12-16)19(26)13(2)30-20(27)18-8-7-17(31-18)14-5-4-6-15(11-14)21(22,23)24/h4-8,11,13,16H,3,9-10,12H2,1-2H3. The first-order valence-electron chi connectivity index (χ1n) is 9.90. The second-order valence-electron chi connectivity index (χ2n) is 7.47. The molecular formula is C21H22F3NO6S. The minimum Gasteiger partial charge on any atom is -0.449 e. The summed E-state index contributed by atoms with van der Waals surface area (Å²) in [7, 11) is -3.20. The summed E-state index contributed by atoms with van der Waals surface area (Å²) in [5, 5.41) is 0. The van der Waals surface area contributed by atoms with Crippen LogP contribution in [0.1, 0.15) is 36.4 Å². The fraction of sp³-hybridized carbons (Fsp3) is 0.429. The number of sulfone groups is 1. The van der Waals surface area contributed by atoms with E-state index in [1.807, 2.05) is 0 Å². The Bertz CT molecular complexity index is 1110. The molecule has 1 aromatic heterocycles. The van der Waals surface area contributed by atoms with Gasteiger partial charge in [0.1, 0.15) is 5.76 Å². The van der Waals surface area contributed by atoms with Crippen LogP contribution in [-0.4, -0.2) is 55.4 Å². The average Bonchev–Trinajstić information content (AvgIpc) is 3.35. The van der Waals surface area contributed by atoms with Gasteiger partial charge in [-0.05, 0) is 44.5 Å². The van der Waals surface area contributed by atoms with E-state index in [2.05, 4.69) is 0 Å². The highest BCUT2D eigenvalue weighted by Crippen LogP contribution is 2.32. The number of benzene rings is 1. The third-order valence-corrected chi connectivity index (χ3v) is 6.94. The summed E-state index contributed by atoms with van der Waals surface area (Å²) in [6, 6.07) is 6.55. The maximum Gasteiger partial charge on any atom is 0.416 e. The van der Waals surface area contributed by atoms with Crippen LogP contribution in [0, 0.1) is 0 Å². The molecule has 0 saturated carbocycles. The smallest absolute Gasteiger partial charge is 0.416 e. The lowest BCUT2D eigenvalue weighted by molar-refractivity contribution is -0.141. The number of esters is 1. The van der Waals surface area contributed by atoms with Gasteiger partial charge in [0.25, 0.3) is 5.91 Å². The Labute approximate surface area is 183 Å². The van der Waals surface area contributed by atoms with Gasteiger partial charge in [0.2, 0.25) is 5.76 Å². The Hall–Kier alpha value is -2.82. The molecule has 0 radical (unpaired) electrons. The Morgan fingerprint density at radius 2 is 1.97 bits per heavy atom. The summed E-state index contributed by atoms with van der Waals surface area (Å²) in [6.45, 7) is 3.32. The van der Waals surface area contributed by atoms with Crippen molar-refractivity contribution in [1.29, 1.82) is 0 Å². The molecule has 2 unspecified atom stereocenters. The number of ether oxygens (including phenoxy) is 1. The zero-order valence-corrected chi connectivity index (χ0v) is 18.2. The first-order chi connectivity index (χ1) is 14.9. The molecule has 1 aliphatic rings. The molecule has 174 valence electrons. The lowest BCUT2D eigenvalue weighted by Crippen LogP contribution is -2.46. The number of carbonyl (C=O) groups excluding carboxylic acids is 2. The number of amides is 1. The first kappa shape index (κ1) is 23.8. The summed E-state index contributed by atoms with van der Waals surface area (Å²) in [5.74, 6) is -1.87. The van der Waals surface area contributed by atoms with Gasteiger partial charge in [-0.2, -0.15) is 13.2 Å². The van der Waals surface area contributed by atoms with Gasteiger partial charge < -0.3 is 14.1 Å². The molecule has 2 aromatic rings. The molecule has 2 heterocycles. The number of halogens is 3. The molecule has 11 heteroatoms. The number of alkyl halides is 3. The summed E-state index contributed by atoms with van der Waals surface area (Å²) in [4.78, 5) is 26.5. The molecule has 0 bridgehead atoms. The number of likely N-dealkylation sites (N-methyl/N-ethyl adjacent to an activating group) is 1. The molecule has 1 aliphatic heterocycles. The second kappa shape index (κ2) is 8.97. The first-order valence-corrected chi connectivity index (χ1v) is 11.7. The van der Waals surface area contributed by atoms with Crippen molar-refractivity contribution < 1.29 is 40.3 Å². The molecule has 0 N–H and O–H groups in total. The summed E-state index contributed by atoms with van der Waals surface area (Å²) >= 11 is 0. The van der Waals surface area contributed by atoms with Crippen molar-refractivity contribution in [2.24, 2.45) is 0 Å². The van der Waals surface area contributed by atoms with Crippen molar-refractivity contribution >= 4 is 21.7 Å². The van der Waals surface area contributed by atoms with Crippen LogP contribution in [0.2, 0.25) is 0 Å². The number of rotatable bonds is 6. The lowest BCUT2D eigenvalue weighted by atomic mass is 10.1. The number of hydrogen-bond donors (Lipinski definition) is 0. The van der Waals surface area contributed by atoms with Crippen molar-refractivity contribution in [3.63, 3.8) is 0 Å². The van der Waals surface area contributed by atoms with E-state index in [1.54, 1.807) is 6.92 Å². The van der Waals surface area contributed by atoms with Gasteiger partial charge in [0.15, 0.2) is 15.9 Å². The van der Waals surface area contributed by atoms with Gasteiger partial charge in [-0.3, -0.25) is 4.79 Å². The topological polar surface area (TPSA) is 93.9 Å². The van der Waals surface area contributed by atoms with E-state index in [-0.39, 0.29) is 35.1 Å². The minimum absolute atomic E-state index is 0.000324. The van der Waals surface area contributed by atoms with E-state index in [0.29, 0.717) is 6.42 Å². The fourth-order valence-electron chi connectivity index (χ4n) is 3.57. The van der Waals surface area contributed by atoms with E-state index in [9.17, 15) is 31.2 Å². The Kier molecular flexibility index (Phi) is 6.68. The van der Waals surface area contributed by atoms with E-state index >= 15 is 0 Å². The summed E-state index contributed by atoms with van der Waals surface area (Å²) in [6.07, 6.45) is -5.40. The number of nitrogens with zero attached hydrogens (tertiary/aromatic N) is 1. The third-order valence-electron chi connectivity index (χ3n) is 5.19. The van der Waals surface area contributed by atoms with Crippen LogP contribution in [0.25, 0.3) is 11.3 Å². The zero-order chi connectivity index (χ0) is 23.7. The van der Waals surface area contributed by atoms with Crippen molar-refractivity contribution in [2.45, 2.75) is 38.6 Å². The molecule has 1 aromatic carbocycles. The van der Waals surface area contributed by atoms with Crippen LogP contribution < -0.4 is 0 Å². The SMILES string of the molecule is CCN(C(=O)C(C)OC(=O)c1ccc(-c2cccc(C(F)(F)F)c2)o1)C1CCS(=O)(=O)C1. The monoisotopic (exact) mass is 473 g/mol. The van der Waals surface area contributed by atoms with Gasteiger partial charge in [-0.15, -0.1) is 0 Å². The summed E-state index contributed by atoms with van der Waals surface area (Å²) in [5.41, 5.74) is -0.731. The number of carbonyl (C=O) groups is 2. The van der Waals surface area contributed by atoms with Gasteiger partial charge in [0.05, 0.1) is 17.1 Å². The molecule has 0 spiro atoms. The number of hydrogen-bond acceptors (Lipinski definition) is 6. The van der Waals surface area contributed by atoms with Crippen molar-refractivity contribution in [3.8, 4) is 11.3 Å². The van der Waals surface area contributed by atoms with E-state index in [1.165, 1.54) is 36.1 Å². The maximum atomic E-state index is 12.9. The molecule has 0 aliphatic carbocycles. The van der Waals surface area contributed by atoms with E-state index in [4.69, 9.17) is 9.15 Å². The predicted octanol–water partition coefficient (Wildman–Crippen LogP) is 3.55. The van der Waals surface area contributed by atoms with Crippen LogP contribution in [0.15, 0.2) is 40.8 Å². The Morgan fingerprint density at radius 1 is 1.25 bits per heavy atom. The van der Waals surface area contributed by atoms with Crippen molar-refractivity contribution in [2.75, 3.05) is 18.1 Å². The van der Waals surface area contributed by atoms with E-state index in [0.717, 1.165) is 12.1 Å². The van der Waals surface area contributed by atoms with E-state index < -0.39 is 45.6 Å². The van der Waals surface area contributed by atoms with Crippen molar-refractivity contribution in [1.82, 2.24) is 4.90 Å². The fourth-order valence-corrected chi connectivity index (χ4v) is 5.30. The highest BCUT2D eigenvalue weighted by Gasteiger charge is 2.36. The molecule has 2 atom stereocenters. The average molecular weight is 473 g/mol. The minimum atomic E-state index is -4.52. The third kappa shape index (κ3) is 5.32. The largest absolute Gasteiger partial charge is 0.449 e. The number of furan rings is 1. The lowest BCUT2D eigenvalue weighted by Gasteiger charge is -2.29. The normalized spacial score (nSPS) is 18.8. The Morgan fingerprint density at radius 3 is 2.56 bits per heavy atom. The zero-order valence-electron chi connectivity index (χ0n) is 17.4. The van der Waals surface area contributed by atoms with Gasteiger partial charge in [0, 0.05) is 18.2 Å². The van der Waals surface area contributed by atoms with Gasteiger partial charge in [-0.25, -0.2) is 13.2 Å².